The highest BCUT2D eigenvalue weighted by atomic mass is 32.2. The van der Waals surface area contributed by atoms with Crippen LogP contribution in [0.1, 0.15) is 82.1 Å². The van der Waals surface area contributed by atoms with Gasteiger partial charge in [-0.2, -0.15) is 10.2 Å². The highest BCUT2D eigenvalue weighted by molar-refractivity contribution is 8.00. The van der Waals surface area contributed by atoms with Crippen molar-refractivity contribution in [3.63, 3.8) is 0 Å². The summed E-state index contributed by atoms with van der Waals surface area (Å²) in [5, 5.41) is 9.35. The van der Waals surface area contributed by atoms with E-state index in [1.165, 1.54) is 0 Å². The number of hydrogen-bond acceptors (Lipinski definition) is 5. The van der Waals surface area contributed by atoms with Crippen molar-refractivity contribution in [1.82, 2.24) is 29.5 Å². The van der Waals surface area contributed by atoms with Gasteiger partial charge in [0.2, 0.25) is 0 Å². The summed E-state index contributed by atoms with van der Waals surface area (Å²) in [6, 6.07) is 0. The molecule has 0 spiro atoms. The Hall–Kier alpha value is -1.37. The zero-order valence-corrected chi connectivity index (χ0v) is 20.8. The lowest BCUT2D eigenvalue weighted by Gasteiger charge is -2.54. The number of hydrogen-bond donors (Lipinski definition) is 0. The van der Waals surface area contributed by atoms with E-state index in [2.05, 4.69) is 98.8 Å². The monoisotopic (exact) mass is 420 g/mol. The van der Waals surface area contributed by atoms with Crippen molar-refractivity contribution in [1.29, 1.82) is 0 Å². The van der Waals surface area contributed by atoms with Crippen LogP contribution < -0.4 is 0 Å². The number of aromatic nitrogens is 6. The van der Waals surface area contributed by atoms with E-state index in [1.54, 1.807) is 12.7 Å². The van der Waals surface area contributed by atoms with Gasteiger partial charge in [0.25, 0.3) is 0 Å². The summed E-state index contributed by atoms with van der Waals surface area (Å²) in [5.74, 6) is 0.997. The number of thioether (sulfide) groups is 1. The molecule has 0 aliphatic carbocycles. The Morgan fingerprint density at radius 1 is 0.690 bits per heavy atom. The summed E-state index contributed by atoms with van der Waals surface area (Å²) in [5.41, 5.74) is -0.132. The SMILES string of the molecule is CC(C)CC(SC(CC(C)C)(n1cncn1)C(C)(C)C)(n1cncn1)C(C)(C)C. The van der Waals surface area contributed by atoms with Crippen LogP contribution in [-0.2, 0) is 9.74 Å². The van der Waals surface area contributed by atoms with Crippen LogP contribution in [0.2, 0.25) is 0 Å². The van der Waals surface area contributed by atoms with Gasteiger partial charge in [-0.1, -0.05) is 69.2 Å². The third-order valence-electron chi connectivity index (χ3n) is 5.63. The fourth-order valence-corrected chi connectivity index (χ4v) is 6.53. The number of rotatable bonds is 8. The van der Waals surface area contributed by atoms with E-state index in [9.17, 15) is 0 Å². The molecule has 6 nitrogen and oxygen atoms in total. The summed E-state index contributed by atoms with van der Waals surface area (Å²) < 4.78 is 4.19. The van der Waals surface area contributed by atoms with Gasteiger partial charge in [0, 0.05) is 0 Å². The topological polar surface area (TPSA) is 61.4 Å². The molecular formula is C22H40N6S. The molecule has 0 aromatic carbocycles. The molecular weight excluding hydrogens is 380 g/mol. The zero-order chi connectivity index (χ0) is 22.1. The predicted molar refractivity (Wildman–Crippen MR) is 121 cm³/mol. The molecule has 0 radical (unpaired) electrons. The Bertz CT molecular complexity index is 675. The molecule has 2 aromatic rings. The maximum absolute atomic E-state index is 4.67. The van der Waals surface area contributed by atoms with E-state index in [0.29, 0.717) is 11.8 Å². The molecule has 2 unspecified atom stereocenters. The average molecular weight is 421 g/mol. The third kappa shape index (κ3) is 4.70. The Labute approximate surface area is 181 Å². The second-order valence-electron chi connectivity index (χ2n) is 11.0. The van der Waals surface area contributed by atoms with E-state index in [1.807, 2.05) is 24.4 Å². The van der Waals surface area contributed by atoms with E-state index in [4.69, 9.17) is 0 Å². The smallest absolute Gasteiger partial charge is 0.137 e. The molecule has 0 bridgehead atoms. The molecule has 29 heavy (non-hydrogen) atoms. The molecule has 0 aliphatic rings. The van der Waals surface area contributed by atoms with Crippen LogP contribution in [0.4, 0.5) is 0 Å². The Kier molecular flexibility index (Phi) is 6.93. The van der Waals surface area contributed by atoms with Crippen LogP contribution in [0.25, 0.3) is 0 Å². The summed E-state index contributed by atoms with van der Waals surface area (Å²) in [4.78, 5) is 8.06. The molecule has 0 saturated carbocycles. The first-order valence-electron chi connectivity index (χ1n) is 10.7. The van der Waals surface area contributed by atoms with Gasteiger partial charge in [0.1, 0.15) is 35.1 Å². The van der Waals surface area contributed by atoms with Crippen molar-refractivity contribution in [3.8, 4) is 0 Å². The maximum Gasteiger partial charge on any atom is 0.137 e. The lowest BCUT2D eigenvalue weighted by molar-refractivity contribution is 0.119. The van der Waals surface area contributed by atoms with Crippen LogP contribution in [0, 0.1) is 22.7 Å². The average Bonchev–Trinajstić information content (AvgIpc) is 3.24. The van der Waals surface area contributed by atoms with Gasteiger partial charge >= 0.3 is 0 Å². The van der Waals surface area contributed by atoms with Crippen molar-refractivity contribution in [3.05, 3.63) is 25.3 Å². The van der Waals surface area contributed by atoms with Gasteiger partial charge in [-0.25, -0.2) is 19.3 Å². The van der Waals surface area contributed by atoms with Crippen LogP contribution >= 0.6 is 11.8 Å². The van der Waals surface area contributed by atoms with Crippen molar-refractivity contribution in [2.75, 3.05) is 0 Å². The van der Waals surface area contributed by atoms with E-state index in [0.717, 1.165) is 12.8 Å². The first-order valence-corrected chi connectivity index (χ1v) is 11.5. The molecule has 0 N–H and O–H groups in total. The molecule has 2 heterocycles. The molecule has 0 saturated heterocycles. The minimum absolute atomic E-state index is 0.0658. The molecule has 0 fully saturated rings. The van der Waals surface area contributed by atoms with Crippen molar-refractivity contribution >= 4 is 11.8 Å². The van der Waals surface area contributed by atoms with Gasteiger partial charge in [0.05, 0.1) is 0 Å². The Morgan fingerprint density at radius 2 is 1.03 bits per heavy atom. The van der Waals surface area contributed by atoms with E-state index in [-0.39, 0.29) is 20.6 Å². The van der Waals surface area contributed by atoms with Gasteiger partial charge in [-0.3, -0.25) is 0 Å². The van der Waals surface area contributed by atoms with Crippen LogP contribution in [0.3, 0.4) is 0 Å². The standard InChI is InChI=1S/C22H40N6S/c1-17(2)11-21(19(5,6)7,27-15-23-13-25-27)29-22(12-18(3)4,20(8,9)10)28-16-24-14-26-28/h13-18H,11-12H2,1-10H3. The molecule has 0 aliphatic heterocycles. The number of nitrogens with zero attached hydrogens (tertiary/aromatic N) is 6. The predicted octanol–water partition coefficient (Wildman–Crippen LogP) is 5.79. The lowest BCUT2D eigenvalue weighted by atomic mass is 9.80. The van der Waals surface area contributed by atoms with E-state index < -0.39 is 0 Å². The largest absolute Gasteiger partial charge is 0.236 e. The second-order valence-corrected chi connectivity index (χ2v) is 12.6. The highest BCUT2D eigenvalue weighted by Crippen LogP contribution is 2.62. The zero-order valence-electron chi connectivity index (χ0n) is 20.0. The third-order valence-corrected chi connectivity index (χ3v) is 8.24. The van der Waals surface area contributed by atoms with Gasteiger partial charge in [-0.15, -0.1) is 11.8 Å². The Balaban J connectivity index is 2.80. The molecule has 2 aromatic heterocycles. The fraction of sp³-hybridized carbons (Fsp3) is 0.818. The van der Waals surface area contributed by atoms with Gasteiger partial charge < -0.3 is 0 Å². The highest BCUT2D eigenvalue weighted by Gasteiger charge is 2.56. The van der Waals surface area contributed by atoms with Gasteiger partial charge in [-0.05, 0) is 35.5 Å². The molecule has 7 heteroatoms. The summed E-state index contributed by atoms with van der Waals surface area (Å²) in [7, 11) is 0. The first-order chi connectivity index (χ1) is 13.3. The fourth-order valence-electron chi connectivity index (χ4n) is 4.15. The summed E-state index contributed by atoms with van der Waals surface area (Å²) >= 11 is 1.99. The van der Waals surface area contributed by atoms with Crippen molar-refractivity contribution in [2.45, 2.75) is 91.8 Å². The molecule has 164 valence electrons. The van der Waals surface area contributed by atoms with Crippen LogP contribution in [-0.4, -0.2) is 29.5 Å². The van der Waals surface area contributed by atoms with E-state index >= 15 is 0 Å². The quantitative estimate of drug-likeness (QED) is 0.540. The van der Waals surface area contributed by atoms with Crippen LogP contribution in [0.5, 0.6) is 0 Å². The molecule has 0 amide bonds. The Morgan fingerprint density at radius 3 is 1.24 bits per heavy atom. The summed E-state index contributed by atoms with van der Waals surface area (Å²) in [6.45, 7) is 23.0. The van der Waals surface area contributed by atoms with Gasteiger partial charge in [0.15, 0.2) is 0 Å². The van der Waals surface area contributed by atoms with Crippen LogP contribution in [0.15, 0.2) is 25.3 Å². The lowest BCUT2D eigenvalue weighted by Crippen LogP contribution is -2.53. The minimum Gasteiger partial charge on any atom is -0.236 e. The first kappa shape index (κ1) is 23.9. The normalized spacial score (nSPS) is 17.5. The molecule has 2 rings (SSSR count). The molecule has 2 atom stereocenters. The second kappa shape index (κ2) is 8.40. The van der Waals surface area contributed by atoms with Crippen molar-refractivity contribution in [2.24, 2.45) is 22.7 Å². The summed E-state index contributed by atoms with van der Waals surface area (Å²) in [6.07, 6.45) is 9.02. The minimum atomic E-state index is -0.300. The van der Waals surface area contributed by atoms with Crippen molar-refractivity contribution < 1.29 is 0 Å². The maximum atomic E-state index is 4.67.